The fourth-order valence-electron chi connectivity index (χ4n) is 1.93. The number of hydrogen-bond acceptors (Lipinski definition) is 4. The minimum Gasteiger partial charge on any atom is -0.478 e. The summed E-state index contributed by atoms with van der Waals surface area (Å²) in [6, 6.07) is 11.1. The molecular weight excluding hydrogens is 270 g/mol. The first kappa shape index (κ1) is 13.0. The molecule has 0 amide bonds. The number of aromatic nitrogens is 2. The van der Waals surface area contributed by atoms with Crippen LogP contribution in [0.4, 0.5) is 5.69 Å². The maximum Gasteiger partial charge on any atom is 0.338 e. The van der Waals surface area contributed by atoms with Crippen LogP contribution in [0.25, 0.3) is 5.69 Å². The zero-order valence-corrected chi connectivity index (χ0v) is 11.1. The molecule has 0 bridgehead atoms. The molecule has 6 nitrogen and oxygen atoms in total. The molecule has 3 rings (SSSR count). The van der Waals surface area contributed by atoms with Crippen molar-refractivity contribution in [3.05, 3.63) is 66.4 Å². The number of aromatic carboxylic acids is 1. The van der Waals surface area contributed by atoms with Crippen LogP contribution in [0.5, 0.6) is 0 Å². The second-order valence-corrected chi connectivity index (χ2v) is 4.46. The van der Waals surface area contributed by atoms with E-state index in [1.54, 1.807) is 10.9 Å². The second kappa shape index (κ2) is 5.54. The van der Waals surface area contributed by atoms with Crippen LogP contribution >= 0.6 is 0 Å². The number of benzene rings is 1. The van der Waals surface area contributed by atoms with E-state index < -0.39 is 5.97 Å². The van der Waals surface area contributed by atoms with Crippen molar-refractivity contribution in [1.82, 2.24) is 9.78 Å². The smallest absolute Gasteiger partial charge is 0.338 e. The molecule has 0 saturated heterocycles. The Bertz CT molecular complexity index is 730. The molecule has 2 aromatic heterocycles. The highest BCUT2D eigenvalue weighted by Crippen LogP contribution is 2.15. The molecule has 0 atom stereocenters. The number of hydrogen-bond donors (Lipinski definition) is 2. The number of furan rings is 1. The van der Waals surface area contributed by atoms with Crippen LogP contribution in [0.3, 0.4) is 0 Å². The molecule has 0 spiro atoms. The van der Waals surface area contributed by atoms with Crippen molar-refractivity contribution < 1.29 is 14.3 Å². The maximum atomic E-state index is 10.7. The summed E-state index contributed by atoms with van der Waals surface area (Å²) in [5.74, 6) is -0.419. The summed E-state index contributed by atoms with van der Waals surface area (Å²) in [7, 11) is 0. The lowest BCUT2D eigenvalue weighted by molar-refractivity contribution is 0.0696. The third-order valence-electron chi connectivity index (χ3n) is 3.00. The number of carbonyl (C=O) groups is 1. The van der Waals surface area contributed by atoms with Gasteiger partial charge < -0.3 is 14.8 Å². The van der Waals surface area contributed by atoms with Gasteiger partial charge in [0.2, 0.25) is 0 Å². The summed E-state index contributed by atoms with van der Waals surface area (Å²) in [6.45, 7) is 0.425. The Morgan fingerprint density at radius 1 is 1.33 bits per heavy atom. The van der Waals surface area contributed by atoms with Crippen LogP contribution < -0.4 is 5.32 Å². The van der Waals surface area contributed by atoms with Gasteiger partial charge >= 0.3 is 5.97 Å². The minimum atomic E-state index is -0.992. The summed E-state index contributed by atoms with van der Waals surface area (Å²) < 4.78 is 6.95. The topological polar surface area (TPSA) is 80.3 Å². The van der Waals surface area contributed by atoms with E-state index in [2.05, 4.69) is 10.4 Å². The number of carboxylic acid groups (broad SMARTS) is 1. The number of carboxylic acids is 1. The Hall–Kier alpha value is -3.02. The minimum absolute atomic E-state index is 0.154. The Kier molecular flexibility index (Phi) is 3.42. The van der Waals surface area contributed by atoms with Crippen molar-refractivity contribution in [3.63, 3.8) is 0 Å². The van der Waals surface area contributed by atoms with Crippen molar-refractivity contribution in [2.24, 2.45) is 0 Å². The predicted octanol–water partition coefficient (Wildman–Crippen LogP) is 2.78. The monoisotopic (exact) mass is 283 g/mol. The zero-order chi connectivity index (χ0) is 14.7. The van der Waals surface area contributed by atoms with E-state index in [-0.39, 0.29) is 5.56 Å². The van der Waals surface area contributed by atoms with Gasteiger partial charge in [-0.05, 0) is 36.4 Å². The molecule has 0 saturated carbocycles. The van der Waals surface area contributed by atoms with Gasteiger partial charge in [-0.2, -0.15) is 5.10 Å². The predicted molar refractivity (Wildman–Crippen MR) is 76.6 cm³/mol. The standard InChI is InChI=1S/C15H13N3O3/c19-15(20)11-8-14(21-10-11)9-16-12-2-4-13(5-3-12)18-7-1-6-17-18/h1-8,10,16H,9H2,(H,19,20). The molecule has 2 N–H and O–H groups in total. The van der Waals surface area contributed by atoms with E-state index in [0.29, 0.717) is 12.3 Å². The van der Waals surface area contributed by atoms with Gasteiger partial charge in [0.1, 0.15) is 12.0 Å². The van der Waals surface area contributed by atoms with Crippen molar-refractivity contribution in [2.45, 2.75) is 6.54 Å². The van der Waals surface area contributed by atoms with Gasteiger partial charge in [0.25, 0.3) is 0 Å². The van der Waals surface area contributed by atoms with Gasteiger partial charge in [-0.15, -0.1) is 0 Å². The summed E-state index contributed by atoms with van der Waals surface area (Å²) >= 11 is 0. The third-order valence-corrected chi connectivity index (χ3v) is 3.00. The van der Waals surface area contributed by atoms with Gasteiger partial charge in [-0.25, -0.2) is 9.48 Å². The van der Waals surface area contributed by atoms with Gasteiger partial charge in [-0.1, -0.05) is 0 Å². The van der Waals surface area contributed by atoms with Crippen LogP contribution in [0.2, 0.25) is 0 Å². The van der Waals surface area contributed by atoms with Crippen LogP contribution in [0.15, 0.2) is 59.5 Å². The number of nitrogens with one attached hydrogen (secondary N) is 1. The van der Waals surface area contributed by atoms with Crippen molar-refractivity contribution >= 4 is 11.7 Å². The average molecular weight is 283 g/mol. The molecule has 3 aromatic rings. The van der Waals surface area contributed by atoms with E-state index in [0.717, 1.165) is 11.4 Å². The zero-order valence-electron chi connectivity index (χ0n) is 11.1. The highest BCUT2D eigenvalue weighted by atomic mass is 16.4. The largest absolute Gasteiger partial charge is 0.478 e. The Labute approximate surface area is 120 Å². The molecule has 6 heteroatoms. The van der Waals surface area contributed by atoms with Crippen LogP contribution in [-0.4, -0.2) is 20.9 Å². The Morgan fingerprint density at radius 2 is 2.14 bits per heavy atom. The molecule has 1 aromatic carbocycles. The average Bonchev–Trinajstić information content (AvgIpc) is 3.17. The van der Waals surface area contributed by atoms with Crippen LogP contribution in [-0.2, 0) is 6.54 Å². The Morgan fingerprint density at radius 3 is 2.76 bits per heavy atom. The molecule has 2 heterocycles. The molecule has 0 radical (unpaired) electrons. The fourth-order valence-corrected chi connectivity index (χ4v) is 1.93. The Balaban J connectivity index is 1.64. The molecule has 21 heavy (non-hydrogen) atoms. The molecule has 0 aliphatic heterocycles. The van der Waals surface area contributed by atoms with Crippen LogP contribution in [0, 0.1) is 0 Å². The highest BCUT2D eigenvalue weighted by molar-refractivity contribution is 5.87. The third kappa shape index (κ3) is 2.94. The lowest BCUT2D eigenvalue weighted by Gasteiger charge is -2.06. The molecule has 106 valence electrons. The van der Waals surface area contributed by atoms with Gasteiger partial charge in [0, 0.05) is 18.1 Å². The maximum absolute atomic E-state index is 10.7. The number of nitrogens with zero attached hydrogens (tertiary/aromatic N) is 2. The molecule has 0 fully saturated rings. The lowest BCUT2D eigenvalue weighted by Crippen LogP contribution is -1.99. The van der Waals surface area contributed by atoms with Crippen molar-refractivity contribution in [1.29, 1.82) is 0 Å². The number of rotatable bonds is 5. The van der Waals surface area contributed by atoms with E-state index in [1.807, 2.05) is 36.5 Å². The van der Waals surface area contributed by atoms with Crippen molar-refractivity contribution in [3.8, 4) is 5.69 Å². The normalized spacial score (nSPS) is 10.5. The first-order chi connectivity index (χ1) is 10.2. The van der Waals surface area contributed by atoms with Crippen molar-refractivity contribution in [2.75, 3.05) is 5.32 Å². The fraction of sp³-hybridized carbons (Fsp3) is 0.0667. The van der Waals surface area contributed by atoms with E-state index in [9.17, 15) is 4.79 Å². The van der Waals surface area contributed by atoms with E-state index in [1.165, 1.54) is 12.3 Å². The van der Waals surface area contributed by atoms with E-state index >= 15 is 0 Å². The van der Waals surface area contributed by atoms with E-state index in [4.69, 9.17) is 9.52 Å². The summed E-state index contributed by atoms with van der Waals surface area (Å²) in [5, 5.41) is 16.1. The number of anilines is 1. The SMILES string of the molecule is O=C(O)c1coc(CNc2ccc(-n3cccn3)cc2)c1. The summed E-state index contributed by atoms with van der Waals surface area (Å²) in [6.07, 6.45) is 4.84. The molecule has 0 aliphatic rings. The first-order valence-electron chi connectivity index (χ1n) is 6.37. The summed E-state index contributed by atoms with van der Waals surface area (Å²) in [5.41, 5.74) is 2.04. The first-order valence-corrected chi connectivity index (χ1v) is 6.37. The van der Waals surface area contributed by atoms with Gasteiger partial charge in [0.15, 0.2) is 0 Å². The summed E-state index contributed by atoms with van der Waals surface area (Å²) in [4.78, 5) is 10.7. The van der Waals surface area contributed by atoms with Crippen LogP contribution in [0.1, 0.15) is 16.1 Å². The molecule has 0 aliphatic carbocycles. The molecule has 0 unspecified atom stereocenters. The van der Waals surface area contributed by atoms with Gasteiger partial charge in [0.05, 0.1) is 17.8 Å². The quantitative estimate of drug-likeness (QED) is 0.752. The lowest BCUT2D eigenvalue weighted by atomic mass is 10.2. The molecular formula is C15H13N3O3. The highest BCUT2D eigenvalue weighted by Gasteiger charge is 2.07. The second-order valence-electron chi connectivity index (χ2n) is 4.46. The van der Waals surface area contributed by atoms with Gasteiger partial charge in [-0.3, -0.25) is 0 Å².